The first-order chi connectivity index (χ1) is 14.4. The molecule has 154 valence electrons. The Hall–Kier alpha value is -3.81. The van der Waals surface area contributed by atoms with Gasteiger partial charge < -0.3 is 14.8 Å². The van der Waals surface area contributed by atoms with Gasteiger partial charge in [-0.1, -0.05) is 30.3 Å². The fraction of sp³-hybridized carbons (Fsp3) is 0.0909. The van der Waals surface area contributed by atoms with E-state index in [1.165, 1.54) is 12.1 Å². The molecule has 30 heavy (non-hydrogen) atoms. The number of halogens is 3. The topological polar surface area (TPSA) is 64.6 Å². The first-order valence-corrected chi connectivity index (χ1v) is 8.81. The van der Waals surface area contributed by atoms with Crippen LogP contribution in [0.5, 0.6) is 5.75 Å². The smallest absolute Gasteiger partial charge is 0.338 e. The number of rotatable bonds is 7. The molecule has 0 aliphatic heterocycles. The molecule has 0 atom stereocenters. The van der Waals surface area contributed by atoms with Gasteiger partial charge in [-0.2, -0.15) is 0 Å². The molecule has 3 aromatic carbocycles. The summed E-state index contributed by atoms with van der Waals surface area (Å²) in [5.74, 6) is -5.59. The Morgan fingerprint density at radius 3 is 2.23 bits per heavy atom. The van der Waals surface area contributed by atoms with Gasteiger partial charge in [0.05, 0.1) is 11.3 Å². The predicted molar refractivity (Wildman–Crippen MR) is 102 cm³/mol. The summed E-state index contributed by atoms with van der Waals surface area (Å²) >= 11 is 0. The van der Waals surface area contributed by atoms with E-state index >= 15 is 0 Å². The highest BCUT2D eigenvalue weighted by Crippen LogP contribution is 2.19. The molecule has 3 aromatic rings. The first-order valence-electron chi connectivity index (χ1n) is 8.81. The lowest BCUT2D eigenvalue weighted by Crippen LogP contribution is -2.21. The number of carbonyl (C=O) groups is 2. The number of nitrogens with one attached hydrogen (secondary N) is 1. The molecule has 0 fully saturated rings. The molecular weight excluding hydrogens is 399 g/mol. The lowest BCUT2D eigenvalue weighted by atomic mass is 10.1. The zero-order valence-electron chi connectivity index (χ0n) is 15.5. The van der Waals surface area contributed by atoms with Crippen molar-refractivity contribution in [3.63, 3.8) is 0 Å². The van der Waals surface area contributed by atoms with E-state index in [1.54, 1.807) is 12.1 Å². The summed E-state index contributed by atoms with van der Waals surface area (Å²) in [6, 6.07) is 17.1. The van der Waals surface area contributed by atoms with Crippen molar-refractivity contribution >= 4 is 17.6 Å². The summed E-state index contributed by atoms with van der Waals surface area (Å²) < 4.78 is 50.1. The van der Waals surface area contributed by atoms with Gasteiger partial charge in [0.15, 0.2) is 24.1 Å². The Morgan fingerprint density at radius 2 is 1.53 bits per heavy atom. The van der Waals surface area contributed by atoms with E-state index in [0.29, 0.717) is 18.4 Å². The second kappa shape index (κ2) is 9.60. The van der Waals surface area contributed by atoms with E-state index in [0.717, 1.165) is 11.6 Å². The van der Waals surface area contributed by atoms with E-state index in [1.807, 2.05) is 35.6 Å². The Balaban J connectivity index is 1.49. The molecule has 1 amide bonds. The second-order valence-electron chi connectivity index (χ2n) is 6.15. The summed E-state index contributed by atoms with van der Waals surface area (Å²) in [6.07, 6.45) is 0. The van der Waals surface area contributed by atoms with Crippen molar-refractivity contribution in [2.75, 3.05) is 11.9 Å². The van der Waals surface area contributed by atoms with Crippen LogP contribution in [-0.4, -0.2) is 18.5 Å². The third-order valence-corrected chi connectivity index (χ3v) is 3.98. The van der Waals surface area contributed by atoms with Crippen LogP contribution < -0.4 is 10.1 Å². The quantitative estimate of drug-likeness (QED) is 0.457. The highest BCUT2D eigenvalue weighted by atomic mass is 19.2. The van der Waals surface area contributed by atoms with Crippen LogP contribution in [0.2, 0.25) is 0 Å². The number of amides is 1. The van der Waals surface area contributed by atoms with Crippen LogP contribution in [0.15, 0.2) is 66.7 Å². The number of carbonyl (C=O) groups excluding carboxylic acids is 2. The van der Waals surface area contributed by atoms with Crippen molar-refractivity contribution in [3.8, 4) is 5.75 Å². The van der Waals surface area contributed by atoms with Crippen LogP contribution in [-0.2, 0) is 16.1 Å². The molecule has 0 saturated heterocycles. The average molecular weight is 415 g/mol. The summed E-state index contributed by atoms with van der Waals surface area (Å²) in [4.78, 5) is 23.8. The van der Waals surface area contributed by atoms with Gasteiger partial charge in [0.2, 0.25) is 0 Å². The lowest BCUT2D eigenvalue weighted by molar-refractivity contribution is -0.119. The van der Waals surface area contributed by atoms with Gasteiger partial charge in [-0.3, -0.25) is 4.79 Å². The number of hydrogen-bond donors (Lipinski definition) is 1. The zero-order chi connectivity index (χ0) is 21.5. The number of anilines is 1. The van der Waals surface area contributed by atoms with Gasteiger partial charge in [-0.25, -0.2) is 18.0 Å². The van der Waals surface area contributed by atoms with Crippen LogP contribution in [0.1, 0.15) is 15.9 Å². The van der Waals surface area contributed by atoms with Crippen molar-refractivity contribution in [3.05, 3.63) is 95.3 Å². The monoisotopic (exact) mass is 415 g/mol. The van der Waals surface area contributed by atoms with Crippen molar-refractivity contribution in [2.24, 2.45) is 0 Å². The maximum atomic E-state index is 13.5. The highest BCUT2D eigenvalue weighted by molar-refractivity contribution is 5.95. The molecule has 1 N–H and O–H groups in total. The number of ether oxygens (including phenoxy) is 2. The van der Waals surface area contributed by atoms with E-state index < -0.39 is 41.6 Å². The van der Waals surface area contributed by atoms with Gasteiger partial charge in [0.1, 0.15) is 12.4 Å². The Bertz CT molecular complexity index is 1040. The van der Waals surface area contributed by atoms with Crippen LogP contribution in [0, 0.1) is 17.5 Å². The number of para-hydroxylation sites is 1. The SMILES string of the molecule is O=C(COC(=O)c1ccc(COc2ccccc2)cc1)Nc1ccc(F)c(F)c1F. The molecule has 0 unspecified atom stereocenters. The third-order valence-electron chi connectivity index (χ3n) is 3.98. The molecule has 5 nitrogen and oxygen atoms in total. The van der Waals surface area contributed by atoms with E-state index in [2.05, 4.69) is 0 Å². The molecule has 0 bridgehead atoms. The molecule has 0 saturated carbocycles. The number of hydrogen-bond acceptors (Lipinski definition) is 4. The van der Waals surface area contributed by atoms with Crippen LogP contribution >= 0.6 is 0 Å². The summed E-state index contributed by atoms with van der Waals surface area (Å²) in [5, 5.41) is 2.01. The lowest BCUT2D eigenvalue weighted by Gasteiger charge is -2.09. The third kappa shape index (κ3) is 5.38. The summed E-state index contributed by atoms with van der Waals surface area (Å²) in [5.41, 5.74) is 0.463. The van der Waals surface area contributed by atoms with Gasteiger partial charge in [0, 0.05) is 0 Å². The molecule has 0 heterocycles. The van der Waals surface area contributed by atoms with Gasteiger partial charge in [-0.05, 0) is 42.0 Å². The normalized spacial score (nSPS) is 10.4. The minimum atomic E-state index is -1.71. The molecule has 3 rings (SSSR count). The standard InChI is InChI=1S/C22H16F3NO4/c23-17-10-11-18(21(25)20(17)24)26-19(27)13-30-22(28)15-8-6-14(7-9-15)12-29-16-4-2-1-3-5-16/h1-11H,12-13H2,(H,26,27). The largest absolute Gasteiger partial charge is 0.489 e. The molecule has 0 aromatic heterocycles. The van der Waals surface area contributed by atoms with Crippen molar-refractivity contribution in [1.82, 2.24) is 0 Å². The molecule has 0 aliphatic carbocycles. The van der Waals surface area contributed by atoms with Gasteiger partial charge in [-0.15, -0.1) is 0 Å². The molecule has 8 heteroatoms. The maximum Gasteiger partial charge on any atom is 0.338 e. The van der Waals surface area contributed by atoms with Crippen LogP contribution in [0.25, 0.3) is 0 Å². The van der Waals surface area contributed by atoms with Crippen molar-refractivity contribution in [1.29, 1.82) is 0 Å². The Kier molecular flexibility index (Phi) is 6.69. The molecule has 0 spiro atoms. The average Bonchev–Trinajstić information content (AvgIpc) is 2.77. The fourth-order valence-electron chi connectivity index (χ4n) is 2.44. The fourth-order valence-corrected chi connectivity index (χ4v) is 2.44. The molecule has 0 radical (unpaired) electrons. The minimum absolute atomic E-state index is 0.199. The van der Waals surface area contributed by atoms with Crippen molar-refractivity contribution < 1.29 is 32.2 Å². The molecular formula is C22H16F3NO4. The highest BCUT2D eigenvalue weighted by Gasteiger charge is 2.16. The Morgan fingerprint density at radius 1 is 0.833 bits per heavy atom. The maximum absolute atomic E-state index is 13.5. The number of benzene rings is 3. The Labute approximate surface area is 170 Å². The summed E-state index contributed by atoms with van der Waals surface area (Å²) in [6.45, 7) is -0.419. The zero-order valence-corrected chi connectivity index (χ0v) is 15.5. The molecule has 0 aliphatic rings. The van der Waals surface area contributed by atoms with Gasteiger partial charge in [0.25, 0.3) is 5.91 Å². The van der Waals surface area contributed by atoms with Crippen molar-refractivity contribution in [2.45, 2.75) is 6.61 Å². The van der Waals surface area contributed by atoms with Crippen LogP contribution in [0.4, 0.5) is 18.9 Å². The van der Waals surface area contributed by atoms with Crippen LogP contribution in [0.3, 0.4) is 0 Å². The van der Waals surface area contributed by atoms with Gasteiger partial charge >= 0.3 is 5.97 Å². The summed E-state index contributed by atoms with van der Waals surface area (Å²) in [7, 11) is 0. The minimum Gasteiger partial charge on any atom is -0.489 e. The number of esters is 1. The second-order valence-corrected chi connectivity index (χ2v) is 6.15. The predicted octanol–water partition coefficient (Wildman–Crippen LogP) is 4.48. The van der Waals surface area contributed by atoms with E-state index in [4.69, 9.17) is 9.47 Å². The first kappa shape index (κ1) is 20.9. The van der Waals surface area contributed by atoms with E-state index in [9.17, 15) is 22.8 Å². The van der Waals surface area contributed by atoms with E-state index in [-0.39, 0.29) is 5.56 Å².